The number of thiazole rings is 1. The normalized spacial score (nSPS) is 9.44. The van der Waals surface area contributed by atoms with E-state index in [2.05, 4.69) is 10.2 Å². The number of nitrogens with two attached hydrogens (primary N) is 1. The summed E-state index contributed by atoms with van der Waals surface area (Å²) in [5.41, 5.74) is 5.87. The third kappa shape index (κ3) is 1.05. The van der Waals surface area contributed by atoms with Crippen LogP contribution in [0.15, 0.2) is 5.18 Å². The third-order valence-corrected chi connectivity index (χ3v) is 1.74. The average molecular weight is 143 g/mol. The smallest absolute Gasteiger partial charge is 0.185 e. The molecule has 0 bridgehead atoms. The van der Waals surface area contributed by atoms with E-state index in [0.717, 1.165) is 11.3 Å². The lowest BCUT2D eigenvalue weighted by molar-refractivity contribution is 1.26. The fourth-order valence-electron chi connectivity index (χ4n) is 0.494. The van der Waals surface area contributed by atoms with Gasteiger partial charge in [0.1, 0.15) is 0 Å². The van der Waals surface area contributed by atoms with Crippen LogP contribution in [0.5, 0.6) is 0 Å². The molecular formula is C4H5N3OS. The van der Waals surface area contributed by atoms with Crippen molar-refractivity contribution in [2.45, 2.75) is 6.92 Å². The van der Waals surface area contributed by atoms with Crippen LogP contribution < -0.4 is 5.73 Å². The highest BCUT2D eigenvalue weighted by molar-refractivity contribution is 7.19. The first kappa shape index (κ1) is 6.15. The molecule has 0 radical (unpaired) electrons. The Balaban J connectivity index is 3.15. The first-order valence-electron chi connectivity index (χ1n) is 2.30. The average Bonchev–Trinajstić information content (AvgIpc) is 2.10. The molecule has 4 nitrogen and oxygen atoms in total. The first-order valence-corrected chi connectivity index (χ1v) is 3.12. The number of aryl methyl sites for hydroxylation is 1. The van der Waals surface area contributed by atoms with Gasteiger partial charge in [0.25, 0.3) is 0 Å². The second-order valence-corrected chi connectivity index (χ2v) is 2.54. The van der Waals surface area contributed by atoms with E-state index in [1.165, 1.54) is 0 Å². The fraction of sp³-hybridized carbons (Fsp3) is 0.250. The lowest BCUT2D eigenvalue weighted by atomic mass is 10.5. The number of nitroso groups, excluding NO2 is 1. The second-order valence-electron chi connectivity index (χ2n) is 1.53. The number of nitrogens with zero attached hydrogens (tertiary/aromatic N) is 2. The predicted octanol–water partition coefficient (Wildman–Crippen LogP) is 1.43. The zero-order valence-electron chi connectivity index (χ0n) is 4.79. The van der Waals surface area contributed by atoms with E-state index in [1.54, 1.807) is 6.92 Å². The van der Waals surface area contributed by atoms with Crippen LogP contribution in [-0.2, 0) is 0 Å². The summed E-state index contributed by atoms with van der Waals surface area (Å²) in [6, 6.07) is 0. The van der Waals surface area contributed by atoms with Crippen molar-refractivity contribution in [2.24, 2.45) is 5.18 Å². The fourth-order valence-corrected chi connectivity index (χ4v) is 1.10. The predicted molar refractivity (Wildman–Crippen MR) is 36.7 cm³/mol. The van der Waals surface area contributed by atoms with E-state index >= 15 is 0 Å². The van der Waals surface area contributed by atoms with Gasteiger partial charge < -0.3 is 5.73 Å². The summed E-state index contributed by atoms with van der Waals surface area (Å²) in [4.78, 5) is 13.7. The Morgan fingerprint density at radius 2 is 2.44 bits per heavy atom. The summed E-state index contributed by atoms with van der Waals surface area (Å²) in [6.45, 7) is 1.70. The van der Waals surface area contributed by atoms with Gasteiger partial charge in [-0.15, -0.1) is 4.91 Å². The quantitative estimate of drug-likeness (QED) is 0.604. The van der Waals surface area contributed by atoms with Crippen LogP contribution >= 0.6 is 11.3 Å². The van der Waals surface area contributed by atoms with Crippen molar-refractivity contribution in [1.82, 2.24) is 4.98 Å². The van der Waals surface area contributed by atoms with Crippen molar-refractivity contribution in [2.75, 3.05) is 5.73 Å². The minimum absolute atomic E-state index is 0.368. The first-order chi connectivity index (χ1) is 4.24. The number of rotatable bonds is 1. The summed E-state index contributed by atoms with van der Waals surface area (Å²) >= 11 is 1.10. The van der Waals surface area contributed by atoms with E-state index < -0.39 is 0 Å². The summed E-state index contributed by atoms with van der Waals surface area (Å²) in [5.74, 6) is 0. The molecule has 0 aliphatic carbocycles. The highest BCUT2D eigenvalue weighted by atomic mass is 32.1. The van der Waals surface area contributed by atoms with Crippen molar-refractivity contribution in [1.29, 1.82) is 0 Å². The Bertz CT molecular complexity index is 232. The molecule has 0 aliphatic rings. The van der Waals surface area contributed by atoms with Gasteiger partial charge in [0, 0.05) is 0 Å². The minimum Gasteiger partial charge on any atom is -0.375 e. The van der Waals surface area contributed by atoms with Crippen LogP contribution in [0.3, 0.4) is 0 Å². The summed E-state index contributed by atoms with van der Waals surface area (Å²) < 4.78 is 0. The lowest BCUT2D eigenvalue weighted by Gasteiger charge is -1.75. The number of nitrogen functional groups attached to an aromatic ring is 1. The molecule has 0 aromatic carbocycles. The second kappa shape index (κ2) is 2.10. The molecule has 0 spiro atoms. The van der Waals surface area contributed by atoms with Gasteiger partial charge in [-0.1, -0.05) is 11.3 Å². The number of hydrogen-bond donors (Lipinski definition) is 1. The monoisotopic (exact) mass is 143 g/mol. The Hall–Kier alpha value is -0.970. The summed E-state index contributed by atoms with van der Waals surface area (Å²) in [7, 11) is 0. The molecule has 0 unspecified atom stereocenters. The maximum absolute atomic E-state index is 9.91. The molecule has 9 heavy (non-hydrogen) atoms. The largest absolute Gasteiger partial charge is 0.375 e. The maximum atomic E-state index is 9.91. The minimum atomic E-state index is 0.368. The highest BCUT2D eigenvalue weighted by Crippen LogP contribution is 2.27. The molecule has 0 aliphatic heterocycles. The van der Waals surface area contributed by atoms with Crippen molar-refractivity contribution in [3.8, 4) is 0 Å². The molecule has 0 amide bonds. The Morgan fingerprint density at radius 1 is 1.78 bits per heavy atom. The van der Waals surface area contributed by atoms with Crippen LogP contribution in [0.25, 0.3) is 0 Å². The Kier molecular flexibility index (Phi) is 1.44. The van der Waals surface area contributed by atoms with Gasteiger partial charge in [-0.3, -0.25) is 0 Å². The van der Waals surface area contributed by atoms with Crippen molar-refractivity contribution in [3.63, 3.8) is 0 Å². The van der Waals surface area contributed by atoms with E-state index in [-0.39, 0.29) is 0 Å². The summed E-state index contributed by atoms with van der Waals surface area (Å²) in [6.07, 6.45) is 0. The van der Waals surface area contributed by atoms with E-state index in [1.807, 2.05) is 0 Å². The van der Waals surface area contributed by atoms with Crippen molar-refractivity contribution >= 4 is 21.5 Å². The van der Waals surface area contributed by atoms with Gasteiger partial charge in [-0.2, -0.15) is 0 Å². The third-order valence-electron chi connectivity index (χ3n) is 0.872. The molecule has 0 saturated heterocycles. The Labute approximate surface area is 55.7 Å². The zero-order chi connectivity index (χ0) is 6.85. The standard InChI is InChI=1S/C4H5N3OS/c1-2-3(7-8)9-4(5)6-2/h1H3,(H2,5,6). The van der Waals surface area contributed by atoms with Crippen LogP contribution in [0, 0.1) is 11.8 Å². The van der Waals surface area contributed by atoms with Crippen LogP contribution in [0.1, 0.15) is 5.69 Å². The lowest BCUT2D eigenvalue weighted by Crippen LogP contribution is -1.80. The molecule has 0 fully saturated rings. The maximum Gasteiger partial charge on any atom is 0.185 e. The molecule has 1 rings (SSSR count). The molecular weight excluding hydrogens is 138 g/mol. The van der Waals surface area contributed by atoms with Crippen LogP contribution in [-0.4, -0.2) is 4.98 Å². The highest BCUT2D eigenvalue weighted by Gasteiger charge is 2.02. The molecule has 0 atom stereocenters. The molecule has 0 saturated carbocycles. The van der Waals surface area contributed by atoms with Crippen LogP contribution in [0.4, 0.5) is 10.1 Å². The van der Waals surface area contributed by atoms with Crippen molar-refractivity contribution < 1.29 is 0 Å². The van der Waals surface area contributed by atoms with Crippen LogP contribution in [0.2, 0.25) is 0 Å². The van der Waals surface area contributed by atoms with Gasteiger partial charge in [0.15, 0.2) is 10.1 Å². The van der Waals surface area contributed by atoms with Crippen molar-refractivity contribution in [3.05, 3.63) is 10.6 Å². The SMILES string of the molecule is Cc1nc(N)sc1N=O. The zero-order valence-corrected chi connectivity index (χ0v) is 5.60. The van der Waals surface area contributed by atoms with E-state index in [9.17, 15) is 4.91 Å². The number of anilines is 1. The molecule has 1 aromatic rings. The molecule has 2 N–H and O–H groups in total. The molecule has 1 aromatic heterocycles. The molecule has 5 heteroatoms. The Morgan fingerprint density at radius 3 is 2.67 bits per heavy atom. The molecule has 48 valence electrons. The van der Waals surface area contributed by atoms with Gasteiger partial charge in [-0.25, -0.2) is 4.98 Å². The topological polar surface area (TPSA) is 68.3 Å². The van der Waals surface area contributed by atoms with E-state index in [0.29, 0.717) is 15.8 Å². The number of aromatic nitrogens is 1. The van der Waals surface area contributed by atoms with Gasteiger partial charge >= 0.3 is 0 Å². The number of hydrogen-bond acceptors (Lipinski definition) is 5. The van der Waals surface area contributed by atoms with Gasteiger partial charge in [0.05, 0.1) is 5.69 Å². The van der Waals surface area contributed by atoms with Gasteiger partial charge in [0.2, 0.25) is 0 Å². The molecule has 1 heterocycles. The van der Waals surface area contributed by atoms with Gasteiger partial charge in [-0.05, 0) is 12.1 Å². The van der Waals surface area contributed by atoms with E-state index in [4.69, 9.17) is 5.73 Å². The summed E-state index contributed by atoms with van der Waals surface area (Å²) in [5, 5.41) is 3.48.